The summed E-state index contributed by atoms with van der Waals surface area (Å²) in [5, 5.41) is 10.0. The second-order valence-electron chi connectivity index (χ2n) is 4.27. The lowest BCUT2D eigenvalue weighted by molar-refractivity contribution is -0.274. The van der Waals surface area contributed by atoms with Gasteiger partial charge in [-0.15, -0.1) is 13.2 Å². The topological polar surface area (TPSA) is 55.5 Å². The third-order valence-corrected chi connectivity index (χ3v) is 3.13. The first-order valence-corrected chi connectivity index (χ1v) is 6.24. The molecule has 0 radical (unpaired) electrons. The number of rotatable bonds is 3. The van der Waals surface area contributed by atoms with Crippen molar-refractivity contribution in [2.45, 2.75) is 12.4 Å². The van der Waals surface area contributed by atoms with Crippen LogP contribution in [0.25, 0.3) is 0 Å². The molecule has 0 aliphatic heterocycles. The molecular weight excluding hydrogens is 307 g/mol. The molecule has 0 bridgehead atoms. The Labute approximate surface area is 123 Å². The van der Waals surface area contributed by atoms with E-state index in [0.29, 0.717) is 11.1 Å². The standard InChI is InChI=1S/C14H11ClF3NO2/c15-11-3-1-2-10(13(11)20)12(19)8-4-6-9(7-5-8)21-14(16,17)18/h1-7,12,20H,19H2/t12-/m1/s1. The van der Waals surface area contributed by atoms with Gasteiger partial charge in [-0.25, -0.2) is 0 Å². The number of halogens is 4. The molecule has 0 fully saturated rings. The van der Waals surface area contributed by atoms with E-state index < -0.39 is 12.4 Å². The minimum absolute atomic E-state index is 0.151. The maximum Gasteiger partial charge on any atom is 0.573 e. The van der Waals surface area contributed by atoms with Crippen LogP contribution >= 0.6 is 11.6 Å². The van der Waals surface area contributed by atoms with Gasteiger partial charge in [-0.05, 0) is 23.8 Å². The molecule has 2 rings (SSSR count). The number of ether oxygens (including phenoxy) is 1. The third-order valence-electron chi connectivity index (χ3n) is 2.83. The van der Waals surface area contributed by atoms with Crippen molar-refractivity contribution in [3.63, 3.8) is 0 Å². The molecule has 7 heteroatoms. The summed E-state index contributed by atoms with van der Waals surface area (Å²) in [5.74, 6) is -0.490. The van der Waals surface area contributed by atoms with Crippen LogP contribution in [0.5, 0.6) is 11.5 Å². The summed E-state index contributed by atoms with van der Waals surface area (Å²) in [7, 11) is 0. The van der Waals surface area contributed by atoms with Crippen LogP contribution < -0.4 is 10.5 Å². The fraction of sp³-hybridized carbons (Fsp3) is 0.143. The molecule has 2 aromatic rings. The Kier molecular flexibility index (Phi) is 4.29. The fourth-order valence-corrected chi connectivity index (χ4v) is 2.02. The highest BCUT2D eigenvalue weighted by Gasteiger charge is 2.31. The van der Waals surface area contributed by atoms with E-state index in [0.717, 1.165) is 12.1 Å². The quantitative estimate of drug-likeness (QED) is 0.900. The van der Waals surface area contributed by atoms with Gasteiger partial charge in [0.2, 0.25) is 0 Å². The zero-order chi connectivity index (χ0) is 15.6. The van der Waals surface area contributed by atoms with Crippen LogP contribution in [0, 0.1) is 0 Å². The predicted octanol–water partition coefficient (Wildman–Crippen LogP) is 3.99. The first-order chi connectivity index (χ1) is 9.78. The van der Waals surface area contributed by atoms with E-state index in [4.69, 9.17) is 17.3 Å². The average Bonchev–Trinajstić information content (AvgIpc) is 2.40. The van der Waals surface area contributed by atoms with Crippen LogP contribution in [0.15, 0.2) is 42.5 Å². The van der Waals surface area contributed by atoms with Gasteiger partial charge in [0.15, 0.2) is 0 Å². The summed E-state index contributed by atoms with van der Waals surface area (Å²) in [4.78, 5) is 0. The highest BCUT2D eigenvalue weighted by Crippen LogP contribution is 2.34. The van der Waals surface area contributed by atoms with Gasteiger partial charge in [-0.3, -0.25) is 0 Å². The van der Waals surface area contributed by atoms with Crippen molar-refractivity contribution in [3.05, 3.63) is 58.6 Å². The van der Waals surface area contributed by atoms with Crippen molar-refractivity contribution in [1.82, 2.24) is 0 Å². The molecule has 0 aromatic heterocycles. The number of aromatic hydroxyl groups is 1. The summed E-state index contributed by atoms with van der Waals surface area (Å²) in [6.45, 7) is 0. The van der Waals surface area contributed by atoms with Crippen molar-refractivity contribution in [2.75, 3.05) is 0 Å². The molecule has 3 N–H and O–H groups in total. The van der Waals surface area contributed by atoms with Crippen molar-refractivity contribution >= 4 is 11.6 Å². The number of para-hydroxylation sites is 1. The van der Waals surface area contributed by atoms with E-state index in [2.05, 4.69) is 4.74 Å². The monoisotopic (exact) mass is 317 g/mol. The third kappa shape index (κ3) is 3.80. The molecule has 21 heavy (non-hydrogen) atoms. The number of hydrogen-bond donors (Lipinski definition) is 2. The SMILES string of the molecule is N[C@H](c1ccc(OC(F)(F)F)cc1)c1cccc(Cl)c1O. The van der Waals surface area contributed by atoms with Gasteiger partial charge in [0.05, 0.1) is 11.1 Å². The molecular formula is C14H11ClF3NO2. The summed E-state index contributed by atoms with van der Waals surface area (Å²) in [6.07, 6.45) is -4.74. The minimum atomic E-state index is -4.74. The first-order valence-electron chi connectivity index (χ1n) is 5.86. The number of phenols is 1. The molecule has 0 heterocycles. The van der Waals surface area contributed by atoms with Gasteiger partial charge in [0.25, 0.3) is 0 Å². The molecule has 0 spiro atoms. The predicted molar refractivity (Wildman–Crippen MR) is 72.3 cm³/mol. The zero-order valence-corrected chi connectivity index (χ0v) is 11.3. The number of alkyl halides is 3. The molecule has 0 unspecified atom stereocenters. The smallest absolute Gasteiger partial charge is 0.506 e. The molecule has 0 aliphatic carbocycles. The minimum Gasteiger partial charge on any atom is -0.506 e. The Bertz CT molecular complexity index is 629. The first kappa shape index (κ1) is 15.5. The van der Waals surface area contributed by atoms with E-state index in [1.807, 2.05) is 0 Å². The van der Waals surface area contributed by atoms with Crippen LogP contribution in [0.3, 0.4) is 0 Å². The lowest BCUT2D eigenvalue weighted by Crippen LogP contribution is -2.17. The maximum absolute atomic E-state index is 12.1. The lowest BCUT2D eigenvalue weighted by Gasteiger charge is -2.15. The molecule has 2 aromatic carbocycles. The van der Waals surface area contributed by atoms with E-state index >= 15 is 0 Å². The van der Waals surface area contributed by atoms with Gasteiger partial charge in [-0.2, -0.15) is 0 Å². The Morgan fingerprint density at radius 3 is 2.29 bits per heavy atom. The Morgan fingerprint density at radius 1 is 1.10 bits per heavy atom. The Balaban J connectivity index is 2.24. The number of hydrogen-bond acceptors (Lipinski definition) is 3. The summed E-state index contributed by atoms with van der Waals surface area (Å²) >= 11 is 5.79. The van der Waals surface area contributed by atoms with Gasteiger partial charge in [0, 0.05) is 5.56 Å². The molecule has 0 amide bonds. The van der Waals surface area contributed by atoms with Gasteiger partial charge in [0.1, 0.15) is 11.5 Å². The van der Waals surface area contributed by atoms with E-state index in [1.165, 1.54) is 18.2 Å². The molecule has 3 nitrogen and oxygen atoms in total. The second-order valence-corrected chi connectivity index (χ2v) is 4.68. The van der Waals surface area contributed by atoms with E-state index in [1.54, 1.807) is 12.1 Å². The van der Waals surface area contributed by atoms with Gasteiger partial charge in [-0.1, -0.05) is 35.9 Å². The summed E-state index contributed by atoms with van der Waals surface area (Å²) in [5.41, 5.74) is 6.88. The van der Waals surface area contributed by atoms with Crippen LogP contribution in [0.2, 0.25) is 5.02 Å². The highest BCUT2D eigenvalue weighted by molar-refractivity contribution is 6.32. The maximum atomic E-state index is 12.1. The van der Waals surface area contributed by atoms with Gasteiger partial charge < -0.3 is 15.6 Å². The van der Waals surface area contributed by atoms with Crippen molar-refractivity contribution < 1.29 is 23.0 Å². The summed E-state index contributed by atoms with van der Waals surface area (Å²) < 4.78 is 40.0. The Morgan fingerprint density at radius 2 is 1.71 bits per heavy atom. The van der Waals surface area contributed by atoms with Crippen molar-refractivity contribution in [2.24, 2.45) is 5.73 Å². The molecule has 0 saturated heterocycles. The molecule has 1 atom stereocenters. The number of phenolic OH excluding ortho intramolecular Hbond substituents is 1. The molecule has 112 valence electrons. The van der Waals surface area contributed by atoms with Crippen LogP contribution in [-0.2, 0) is 0 Å². The van der Waals surface area contributed by atoms with Crippen LogP contribution in [-0.4, -0.2) is 11.5 Å². The normalized spacial score (nSPS) is 13.0. The highest BCUT2D eigenvalue weighted by atomic mass is 35.5. The fourth-order valence-electron chi connectivity index (χ4n) is 1.84. The van der Waals surface area contributed by atoms with E-state index in [9.17, 15) is 18.3 Å². The van der Waals surface area contributed by atoms with E-state index in [-0.39, 0.29) is 16.5 Å². The largest absolute Gasteiger partial charge is 0.573 e. The molecule has 0 aliphatic rings. The lowest BCUT2D eigenvalue weighted by atomic mass is 9.99. The van der Waals surface area contributed by atoms with Crippen LogP contribution in [0.1, 0.15) is 17.2 Å². The second kappa shape index (κ2) is 5.83. The zero-order valence-electron chi connectivity index (χ0n) is 10.6. The van der Waals surface area contributed by atoms with Crippen LogP contribution in [0.4, 0.5) is 13.2 Å². The molecule has 0 saturated carbocycles. The number of benzene rings is 2. The van der Waals surface area contributed by atoms with Crippen molar-refractivity contribution in [3.8, 4) is 11.5 Å². The van der Waals surface area contributed by atoms with Crippen molar-refractivity contribution in [1.29, 1.82) is 0 Å². The average molecular weight is 318 g/mol. The Hall–Kier alpha value is -1.92. The van der Waals surface area contributed by atoms with Gasteiger partial charge >= 0.3 is 6.36 Å². The number of nitrogens with two attached hydrogens (primary N) is 1. The summed E-state index contributed by atoms with van der Waals surface area (Å²) in [6, 6.07) is 9.11.